The molecule has 1 aliphatic heterocycles. The molecule has 3 unspecified atom stereocenters. The van der Waals surface area contributed by atoms with Crippen molar-refractivity contribution in [2.24, 2.45) is 11.8 Å². The Hall–Kier alpha value is -2.86. The molecule has 6 nitrogen and oxygen atoms in total. The SMILES string of the molecule is CCNC(=O)CNC(=O)C(CCN1CCC(C)(c2cccc(O)c2)C(C)C1)Cc1ccccc1. The minimum Gasteiger partial charge on any atom is -0.508 e. The third-order valence-electron chi connectivity index (χ3n) is 7.36. The molecule has 34 heavy (non-hydrogen) atoms. The van der Waals surface area contributed by atoms with Crippen molar-refractivity contribution in [1.82, 2.24) is 15.5 Å². The number of benzene rings is 2. The van der Waals surface area contributed by atoms with Crippen LogP contribution >= 0.6 is 0 Å². The Kier molecular flexibility index (Phi) is 9.11. The molecule has 1 fully saturated rings. The summed E-state index contributed by atoms with van der Waals surface area (Å²) >= 11 is 0. The molecule has 0 radical (unpaired) electrons. The molecular weight excluding hydrogens is 426 g/mol. The lowest BCUT2D eigenvalue weighted by Crippen LogP contribution is -2.48. The summed E-state index contributed by atoms with van der Waals surface area (Å²) in [5.74, 6) is 0.319. The first kappa shape index (κ1) is 25.8. The van der Waals surface area contributed by atoms with Gasteiger partial charge in [0.2, 0.25) is 11.8 Å². The second-order valence-corrected chi connectivity index (χ2v) is 9.77. The smallest absolute Gasteiger partial charge is 0.239 e. The van der Waals surface area contributed by atoms with E-state index in [-0.39, 0.29) is 29.7 Å². The van der Waals surface area contributed by atoms with Crippen LogP contribution in [0.1, 0.15) is 44.7 Å². The van der Waals surface area contributed by atoms with Crippen molar-refractivity contribution in [2.75, 3.05) is 32.7 Å². The van der Waals surface area contributed by atoms with E-state index in [0.717, 1.165) is 38.0 Å². The molecule has 184 valence electrons. The predicted molar refractivity (Wildman–Crippen MR) is 136 cm³/mol. The lowest BCUT2D eigenvalue weighted by Gasteiger charge is -2.45. The van der Waals surface area contributed by atoms with E-state index >= 15 is 0 Å². The quantitative estimate of drug-likeness (QED) is 0.502. The summed E-state index contributed by atoms with van der Waals surface area (Å²) in [6.45, 7) is 9.74. The van der Waals surface area contributed by atoms with Gasteiger partial charge >= 0.3 is 0 Å². The zero-order valence-electron chi connectivity index (χ0n) is 20.7. The molecule has 0 aliphatic carbocycles. The first-order chi connectivity index (χ1) is 16.3. The van der Waals surface area contributed by atoms with Crippen LogP contribution in [0.15, 0.2) is 54.6 Å². The molecule has 1 heterocycles. The van der Waals surface area contributed by atoms with Crippen molar-refractivity contribution in [3.63, 3.8) is 0 Å². The lowest BCUT2D eigenvalue weighted by atomic mass is 9.68. The number of phenolic OH excluding ortho intramolecular Hbond substituents is 1. The van der Waals surface area contributed by atoms with E-state index in [9.17, 15) is 14.7 Å². The summed E-state index contributed by atoms with van der Waals surface area (Å²) in [7, 11) is 0. The second-order valence-electron chi connectivity index (χ2n) is 9.77. The largest absolute Gasteiger partial charge is 0.508 e. The van der Waals surface area contributed by atoms with Crippen molar-refractivity contribution in [2.45, 2.75) is 45.4 Å². The fourth-order valence-corrected chi connectivity index (χ4v) is 4.94. The van der Waals surface area contributed by atoms with Gasteiger partial charge in [-0.15, -0.1) is 0 Å². The Labute approximate surface area is 203 Å². The van der Waals surface area contributed by atoms with Gasteiger partial charge in [-0.05, 0) is 73.9 Å². The van der Waals surface area contributed by atoms with Gasteiger partial charge in [0.25, 0.3) is 0 Å². The number of rotatable bonds is 10. The number of hydrogen-bond acceptors (Lipinski definition) is 4. The molecular formula is C28H39N3O3. The summed E-state index contributed by atoms with van der Waals surface area (Å²) in [5, 5.41) is 15.5. The topological polar surface area (TPSA) is 81.7 Å². The number of likely N-dealkylation sites (tertiary alicyclic amines) is 1. The van der Waals surface area contributed by atoms with Gasteiger partial charge in [0.15, 0.2) is 0 Å². The molecule has 6 heteroatoms. The normalized spacial score (nSPS) is 21.6. The highest BCUT2D eigenvalue weighted by Gasteiger charge is 2.38. The van der Waals surface area contributed by atoms with Gasteiger partial charge in [0, 0.05) is 19.0 Å². The summed E-state index contributed by atoms with van der Waals surface area (Å²) in [5.41, 5.74) is 2.33. The number of aromatic hydroxyl groups is 1. The molecule has 1 aliphatic rings. The van der Waals surface area contributed by atoms with Crippen LogP contribution in [0.2, 0.25) is 0 Å². The average Bonchev–Trinajstić information content (AvgIpc) is 2.83. The van der Waals surface area contributed by atoms with Crippen LogP contribution in [0.3, 0.4) is 0 Å². The number of piperidine rings is 1. The number of phenols is 1. The van der Waals surface area contributed by atoms with Crippen LogP contribution in [-0.4, -0.2) is 54.5 Å². The van der Waals surface area contributed by atoms with E-state index in [1.54, 1.807) is 6.07 Å². The third kappa shape index (κ3) is 6.83. The molecule has 2 aromatic carbocycles. The van der Waals surface area contributed by atoms with Gasteiger partial charge in [-0.2, -0.15) is 0 Å². The minimum absolute atomic E-state index is 0.0149. The van der Waals surface area contributed by atoms with Gasteiger partial charge in [0.05, 0.1) is 6.54 Å². The molecule has 2 aromatic rings. The van der Waals surface area contributed by atoms with Crippen LogP contribution in [0, 0.1) is 11.8 Å². The summed E-state index contributed by atoms with van der Waals surface area (Å²) in [4.78, 5) is 27.2. The van der Waals surface area contributed by atoms with Crippen LogP contribution in [0.5, 0.6) is 5.75 Å². The predicted octanol–water partition coefficient (Wildman–Crippen LogP) is 3.49. The van der Waals surface area contributed by atoms with Crippen molar-refractivity contribution >= 4 is 11.8 Å². The van der Waals surface area contributed by atoms with Gasteiger partial charge in [-0.3, -0.25) is 9.59 Å². The van der Waals surface area contributed by atoms with E-state index < -0.39 is 0 Å². The van der Waals surface area contributed by atoms with Gasteiger partial charge < -0.3 is 20.6 Å². The molecule has 3 atom stereocenters. The van der Waals surface area contributed by atoms with E-state index in [1.165, 1.54) is 5.56 Å². The Morgan fingerprint density at radius 1 is 1.15 bits per heavy atom. The van der Waals surface area contributed by atoms with E-state index in [2.05, 4.69) is 35.4 Å². The van der Waals surface area contributed by atoms with Crippen molar-refractivity contribution < 1.29 is 14.7 Å². The number of likely N-dealkylation sites (N-methyl/N-ethyl adjacent to an activating group) is 1. The van der Waals surface area contributed by atoms with Crippen LogP contribution in [0.4, 0.5) is 0 Å². The van der Waals surface area contributed by atoms with Gasteiger partial charge in [-0.1, -0.05) is 56.3 Å². The molecule has 1 saturated heterocycles. The minimum atomic E-state index is -0.188. The van der Waals surface area contributed by atoms with Crippen LogP contribution in [0.25, 0.3) is 0 Å². The highest BCUT2D eigenvalue weighted by molar-refractivity contribution is 5.85. The molecule has 2 amide bonds. The number of nitrogens with one attached hydrogen (secondary N) is 2. The molecule has 3 rings (SSSR count). The zero-order chi connectivity index (χ0) is 24.6. The monoisotopic (exact) mass is 465 g/mol. The standard InChI is InChI=1S/C28H39N3O3/c1-4-29-26(33)19-30-27(34)23(17-22-9-6-5-7-10-22)13-15-31-16-14-28(3,21(2)20-31)24-11-8-12-25(32)18-24/h5-12,18,21,23,32H,4,13-17,19-20H2,1-3H3,(H,29,33)(H,30,34). The molecule has 0 saturated carbocycles. The van der Waals surface area contributed by atoms with Gasteiger partial charge in [-0.25, -0.2) is 0 Å². The first-order valence-electron chi connectivity index (χ1n) is 12.4. The number of nitrogens with zero attached hydrogens (tertiary/aromatic N) is 1. The van der Waals surface area contributed by atoms with E-state index in [1.807, 2.05) is 49.4 Å². The molecule has 0 aromatic heterocycles. The Balaban J connectivity index is 1.60. The molecule has 3 N–H and O–H groups in total. The molecule has 0 spiro atoms. The molecule has 0 bridgehead atoms. The second kappa shape index (κ2) is 12.0. The maximum atomic E-state index is 13.0. The fraction of sp³-hybridized carbons (Fsp3) is 0.500. The Morgan fingerprint density at radius 2 is 1.91 bits per heavy atom. The van der Waals surface area contributed by atoms with Gasteiger partial charge in [0.1, 0.15) is 5.75 Å². The Morgan fingerprint density at radius 3 is 2.59 bits per heavy atom. The first-order valence-corrected chi connectivity index (χ1v) is 12.4. The zero-order valence-corrected chi connectivity index (χ0v) is 20.7. The fourth-order valence-electron chi connectivity index (χ4n) is 4.94. The third-order valence-corrected chi connectivity index (χ3v) is 7.36. The van der Waals surface area contributed by atoms with E-state index in [0.29, 0.717) is 24.6 Å². The van der Waals surface area contributed by atoms with E-state index in [4.69, 9.17) is 0 Å². The lowest BCUT2D eigenvalue weighted by molar-refractivity contribution is -0.128. The average molecular weight is 466 g/mol. The highest BCUT2D eigenvalue weighted by Crippen LogP contribution is 2.40. The number of carbonyl (C=O) groups excluding carboxylic acids is 2. The number of carbonyl (C=O) groups is 2. The Bertz CT molecular complexity index is 949. The van der Waals surface area contributed by atoms with Crippen molar-refractivity contribution in [3.8, 4) is 5.75 Å². The maximum Gasteiger partial charge on any atom is 0.239 e. The summed E-state index contributed by atoms with van der Waals surface area (Å²) in [6, 6.07) is 17.7. The highest BCUT2D eigenvalue weighted by atomic mass is 16.3. The number of hydrogen-bond donors (Lipinski definition) is 3. The summed E-state index contributed by atoms with van der Waals surface area (Å²) < 4.78 is 0. The van der Waals surface area contributed by atoms with Crippen LogP contribution in [-0.2, 0) is 21.4 Å². The summed E-state index contributed by atoms with van der Waals surface area (Å²) in [6.07, 6.45) is 2.41. The van der Waals surface area contributed by atoms with Crippen molar-refractivity contribution in [3.05, 3.63) is 65.7 Å². The number of amides is 2. The van der Waals surface area contributed by atoms with Crippen LogP contribution < -0.4 is 10.6 Å². The van der Waals surface area contributed by atoms with Crippen molar-refractivity contribution in [1.29, 1.82) is 0 Å². The maximum absolute atomic E-state index is 13.0.